The lowest BCUT2D eigenvalue weighted by molar-refractivity contribution is 0.516. The SMILES string of the molecule is CNC(C)CC(C)c1csc(C)c1. The Bertz CT molecular complexity index is 254. The van der Waals surface area contributed by atoms with Crippen molar-refractivity contribution in [3.63, 3.8) is 0 Å². The van der Waals surface area contributed by atoms with E-state index in [-0.39, 0.29) is 0 Å². The number of thiophene rings is 1. The van der Waals surface area contributed by atoms with Crippen molar-refractivity contribution in [2.75, 3.05) is 7.05 Å². The zero-order valence-corrected chi connectivity index (χ0v) is 9.74. The normalized spacial score (nSPS) is 15.7. The summed E-state index contributed by atoms with van der Waals surface area (Å²) in [6.07, 6.45) is 1.21. The van der Waals surface area contributed by atoms with Crippen LogP contribution in [0.5, 0.6) is 0 Å². The molecule has 0 aliphatic carbocycles. The van der Waals surface area contributed by atoms with Crippen molar-refractivity contribution in [1.82, 2.24) is 5.32 Å². The zero-order valence-electron chi connectivity index (χ0n) is 8.92. The molecule has 0 radical (unpaired) electrons. The monoisotopic (exact) mass is 197 g/mol. The Labute approximate surface area is 85.2 Å². The summed E-state index contributed by atoms with van der Waals surface area (Å²) in [5.41, 5.74) is 1.49. The molecule has 1 rings (SSSR count). The van der Waals surface area contributed by atoms with Gasteiger partial charge in [-0.25, -0.2) is 0 Å². The van der Waals surface area contributed by atoms with Crippen molar-refractivity contribution in [3.8, 4) is 0 Å². The molecule has 0 aliphatic heterocycles. The van der Waals surface area contributed by atoms with Crippen LogP contribution in [0.15, 0.2) is 11.4 Å². The first-order valence-corrected chi connectivity index (χ1v) is 5.73. The van der Waals surface area contributed by atoms with Crippen LogP contribution in [-0.4, -0.2) is 13.1 Å². The lowest BCUT2D eigenvalue weighted by atomic mass is 9.97. The summed E-state index contributed by atoms with van der Waals surface area (Å²) in [6.45, 7) is 6.70. The summed E-state index contributed by atoms with van der Waals surface area (Å²) in [5.74, 6) is 0.674. The third kappa shape index (κ3) is 3.12. The third-order valence-electron chi connectivity index (χ3n) is 2.52. The molecule has 2 atom stereocenters. The zero-order chi connectivity index (χ0) is 9.84. The molecule has 2 unspecified atom stereocenters. The molecule has 0 aliphatic rings. The van der Waals surface area contributed by atoms with Gasteiger partial charge in [0.1, 0.15) is 0 Å². The Morgan fingerprint density at radius 1 is 1.46 bits per heavy atom. The Morgan fingerprint density at radius 2 is 2.15 bits per heavy atom. The van der Waals surface area contributed by atoms with Crippen molar-refractivity contribution in [1.29, 1.82) is 0 Å². The van der Waals surface area contributed by atoms with E-state index in [0.717, 1.165) is 0 Å². The second kappa shape index (κ2) is 4.77. The fourth-order valence-corrected chi connectivity index (χ4v) is 2.33. The highest BCUT2D eigenvalue weighted by atomic mass is 32.1. The lowest BCUT2D eigenvalue weighted by Crippen LogP contribution is -2.22. The average Bonchev–Trinajstić information content (AvgIpc) is 2.51. The standard InChI is InChI=1S/C11H19NS/c1-8(5-9(2)12-4)11-6-10(3)13-7-11/h6-9,12H,5H2,1-4H3. The van der Waals surface area contributed by atoms with Crippen LogP contribution in [0.1, 0.15) is 36.6 Å². The summed E-state index contributed by atoms with van der Waals surface area (Å²) in [6, 6.07) is 2.91. The molecule has 0 amide bonds. The molecule has 74 valence electrons. The van der Waals surface area contributed by atoms with Gasteiger partial charge in [0, 0.05) is 10.9 Å². The van der Waals surface area contributed by atoms with Gasteiger partial charge in [0.15, 0.2) is 0 Å². The van der Waals surface area contributed by atoms with Crippen LogP contribution >= 0.6 is 11.3 Å². The number of aryl methyl sites for hydroxylation is 1. The van der Waals surface area contributed by atoms with Gasteiger partial charge in [-0.1, -0.05) is 6.92 Å². The number of hydrogen-bond acceptors (Lipinski definition) is 2. The molecule has 13 heavy (non-hydrogen) atoms. The first-order chi connectivity index (χ1) is 6.13. The summed E-state index contributed by atoms with van der Waals surface area (Å²) in [5, 5.41) is 5.56. The molecule has 1 N–H and O–H groups in total. The highest BCUT2D eigenvalue weighted by Gasteiger charge is 2.10. The molecule has 2 heteroatoms. The van der Waals surface area contributed by atoms with Gasteiger partial charge in [-0.2, -0.15) is 0 Å². The predicted molar refractivity (Wildman–Crippen MR) is 60.6 cm³/mol. The fraction of sp³-hybridized carbons (Fsp3) is 0.636. The molecule has 1 heterocycles. The van der Waals surface area contributed by atoms with Crippen LogP contribution in [0.2, 0.25) is 0 Å². The second-order valence-electron chi connectivity index (χ2n) is 3.82. The van der Waals surface area contributed by atoms with Crippen LogP contribution in [0.25, 0.3) is 0 Å². The number of hydrogen-bond donors (Lipinski definition) is 1. The fourth-order valence-electron chi connectivity index (χ4n) is 1.51. The largest absolute Gasteiger partial charge is 0.317 e. The van der Waals surface area contributed by atoms with E-state index in [1.165, 1.54) is 16.9 Å². The molecule has 1 aromatic rings. The van der Waals surface area contributed by atoms with Gasteiger partial charge < -0.3 is 5.32 Å². The smallest absolute Gasteiger partial charge is 0.00414 e. The maximum atomic E-state index is 3.28. The summed E-state index contributed by atoms with van der Waals surface area (Å²) in [4.78, 5) is 1.42. The topological polar surface area (TPSA) is 12.0 Å². The molecule has 1 nitrogen and oxygen atoms in total. The molecule has 0 spiro atoms. The number of rotatable bonds is 4. The van der Waals surface area contributed by atoms with Crippen LogP contribution in [0, 0.1) is 6.92 Å². The van der Waals surface area contributed by atoms with Crippen molar-refractivity contribution in [3.05, 3.63) is 21.9 Å². The molecule has 0 saturated carbocycles. The highest BCUT2D eigenvalue weighted by molar-refractivity contribution is 7.10. The first kappa shape index (κ1) is 10.7. The Morgan fingerprint density at radius 3 is 2.62 bits per heavy atom. The van der Waals surface area contributed by atoms with E-state index in [1.54, 1.807) is 0 Å². The van der Waals surface area contributed by atoms with E-state index in [2.05, 4.69) is 37.5 Å². The van der Waals surface area contributed by atoms with Crippen molar-refractivity contribution in [2.45, 2.75) is 39.2 Å². The maximum Gasteiger partial charge on any atom is 0.00414 e. The van der Waals surface area contributed by atoms with Gasteiger partial charge in [0.25, 0.3) is 0 Å². The van der Waals surface area contributed by atoms with E-state index < -0.39 is 0 Å². The van der Waals surface area contributed by atoms with Gasteiger partial charge in [0.05, 0.1) is 0 Å². The van der Waals surface area contributed by atoms with Crippen LogP contribution < -0.4 is 5.32 Å². The third-order valence-corrected chi connectivity index (χ3v) is 3.40. The highest BCUT2D eigenvalue weighted by Crippen LogP contribution is 2.25. The minimum atomic E-state index is 0.607. The lowest BCUT2D eigenvalue weighted by Gasteiger charge is -2.15. The first-order valence-electron chi connectivity index (χ1n) is 4.85. The van der Waals surface area contributed by atoms with Crippen LogP contribution in [0.3, 0.4) is 0 Å². The van der Waals surface area contributed by atoms with E-state index in [1.807, 2.05) is 18.4 Å². The maximum absolute atomic E-state index is 3.28. The predicted octanol–water partition coefficient (Wildman–Crippen LogP) is 3.16. The van der Waals surface area contributed by atoms with Gasteiger partial charge in [-0.05, 0) is 50.2 Å². The van der Waals surface area contributed by atoms with Crippen molar-refractivity contribution >= 4 is 11.3 Å². The van der Waals surface area contributed by atoms with Crippen LogP contribution in [-0.2, 0) is 0 Å². The van der Waals surface area contributed by atoms with E-state index >= 15 is 0 Å². The molecule has 0 fully saturated rings. The van der Waals surface area contributed by atoms with Gasteiger partial charge in [-0.15, -0.1) is 11.3 Å². The van der Waals surface area contributed by atoms with E-state index in [4.69, 9.17) is 0 Å². The second-order valence-corrected chi connectivity index (χ2v) is 4.93. The van der Waals surface area contributed by atoms with Crippen molar-refractivity contribution < 1.29 is 0 Å². The van der Waals surface area contributed by atoms with Crippen LogP contribution in [0.4, 0.5) is 0 Å². The molecule has 0 saturated heterocycles. The summed E-state index contributed by atoms with van der Waals surface area (Å²) >= 11 is 1.85. The van der Waals surface area contributed by atoms with Gasteiger partial charge >= 0.3 is 0 Å². The summed E-state index contributed by atoms with van der Waals surface area (Å²) < 4.78 is 0. The van der Waals surface area contributed by atoms with Crippen molar-refractivity contribution in [2.24, 2.45) is 0 Å². The average molecular weight is 197 g/mol. The summed E-state index contributed by atoms with van der Waals surface area (Å²) in [7, 11) is 2.02. The van der Waals surface area contributed by atoms with E-state index in [9.17, 15) is 0 Å². The minimum Gasteiger partial charge on any atom is -0.317 e. The Hall–Kier alpha value is -0.340. The number of nitrogens with one attached hydrogen (secondary N) is 1. The molecule has 1 aromatic heterocycles. The molecule has 0 aromatic carbocycles. The van der Waals surface area contributed by atoms with Gasteiger partial charge in [-0.3, -0.25) is 0 Å². The molecular weight excluding hydrogens is 178 g/mol. The Balaban J connectivity index is 2.53. The molecule has 0 bridgehead atoms. The minimum absolute atomic E-state index is 0.607. The Kier molecular flexibility index (Phi) is 3.94. The van der Waals surface area contributed by atoms with E-state index in [0.29, 0.717) is 12.0 Å². The quantitative estimate of drug-likeness (QED) is 0.782. The van der Waals surface area contributed by atoms with Gasteiger partial charge in [0.2, 0.25) is 0 Å². The molecular formula is C11H19NS.